The number of hydrogen-bond acceptors (Lipinski definition) is 4. The number of halogens is 1. The maximum Gasteiger partial charge on any atom is 0.238 e. The van der Waals surface area contributed by atoms with Crippen LogP contribution in [0.2, 0.25) is 0 Å². The Morgan fingerprint density at radius 3 is 2.20 bits per heavy atom. The van der Waals surface area contributed by atoms with Gasteiger partial charge in [0.05, 0.1) is 10.4 Å². The van der Waals surface area contributed by atoms with Crippen molar-refractivity contribution in [3.05, 3.63) is 108 Å². The van der Waals surface area contributed by atoms with E-state index in [0.717, 1.165) is 23.1 Å². The molecule has 0 saturated heterocycles. The van der Waals surface area contributed by atoms with Gasteiger partial charge in [-0.05, 0) is 53.8 Å². The summed E-state index contributed by atoms with van der Waals surface area (Å²) in [6.07, 6.45) is 3.35. The molecule has 4 rings (SSSR count). The molecule has 1 atom stereocenters. The Balaban J connectivity index is 1.76. The monoisotopic (exact) mass is 423 g/mol. The summed E-state index contributed by atoms with van der Waals surface area (Å²) in [5.74, 6) is -0.300. The van der Waals surface area contributed by atoms with E-state index in [-0.39, 0.29) is 10.7 Å². The predicted molar refractivity (Wildman–Crippen MR) is 115 cm³/mol. The predicted octanol–water partition coefficient (Wildman–Crippen LogP) is 3.45. The molecule has 0 bridgehead atoms. The minimum atomic E-state index is -3.78. The van der Waals surface area contributed by atoms with Gasteiger partial charge in [0.15, 0.2) is 0 Å². The molecule has 1 unspecified atom stereocenters. The highest BCUT2D eigenvalue weighted by Gasteiger charge is 2.39. The third kappa shape index (κ3) is 4.00. The third-order valence-electron chi connectivity index (χ3n) is 5.42. The first-order valence-electron chi connectivity index (χ1n) is 9.55. The van der Waals surface area contributed by atoms with E-state index in [0.29, 0.717) is 6.42 Å². The van der Waals surface area contributed by atoms with Crippen molar-refractivity contribution in [3.8, 4) is 0 Å². The lowest BCUT2D eigenvalue weighted by Gasteiger charge is -2.33. The van der Waals surface area contributed by atoms with Crippen LogP contribution >= 0.6 is 0 Å². The van der Waals surface area contributed by atoms with Crippen molar-refractivity contribution in [2.75, 3.05) is 0 Å². The standard InChI is InChI=1S/C23H22FN3O2S/c24-20-10-6-18(7-11-20)22-16-26-27-23(22,15-14-17-4-2-1-3-5-17)19-8-12-21(13-9-19)30(25,28)29/h1-13,16,26-27H,14-15H2,(H2,25,28,29). The summed E-state index contributed by atoms with van der Waals surface area (Å²) in [5.41, 5.74) is 9.72. The Morgan fingerprint density at radius 1 is 0.900 bits per heavy atom. The van der Waals surface area contributed by atoms with Crippen molar-refractivity contribution in [1.82, 2.24) is 10.9 Å². The van der Waals surface area contributed by atoms with Crippen LogP contribution in [0.15, 0.2) is 90.0 Å². The maximum atomic E-state index is 13.5. The second kappa shape index (κ2) is 8.02. The molecule has 0 amide bonds. The molecule has 0 fully saturated rings. The van der Waals surface area contributed by atoms with Crippen molar-refractivity contribution >= 4 is 15.6 Å². The van der Waals surface area contributed by atoms with E-state index in [1.807, 2.05) is 24.4 Å². The minimum Gasteiger partial charge on any atom is -0.327 e. The Labute approximate surface area is 175 Å². The van der Waals surface area contributed by atoms with Gasteiger partial charge in [0.2, 0.25) is 10.0 Å². The summed E-state index contributed by atoms with van der Waals surface area (Å²) in [4.78, 5) is 0.0581. The van der Waals surface area contributed by atoms with E-state index in [4.69, 9.17) is 5.14 Å². The first kappa shape index (κ1) is 20.3. The third-order valence-corrected chi connectivity index (χ3v) is 6.35. The molecule has 0 spiro atoms. The van der Waals surface area contributed by atoms with Crippen LogP contribution in [0.5, 0.6) is 0 Å². The summed E-state index contributed by atoms with van der Waals surface area (Å²) in [5, 5.41) is 5.26. The van der Waals surface area contributed by atoms with Crippen LogP contribution in [0.1, 0.15) is 23.1 Å². The van der Waals surface area contributed by atoms with Crippen LogP contribution in [0, 0.1) is 5.82 Å². The number of rotatable bonds is 6. The first-order valence-corrected chi connectivity index (χ1v) is 11.1. The number of hydrazine groups is 1. The zero-order chi connectivity index (χ0) is 21.2. The quantitative estimate of drug-likeness (QED) is 0.567. The van der Waals surface area contributed by atoms with Gasteiger partial charge in [-0.2, -0.15) is 0 Å². The number of sulfonamides is 1. The van der Waals surface area contributed by atoms with Gasteiger partial charge in [-0.1, -0.05) is 54.6 Å². The van der Waals surface area contributed by atoms with Gasteiger partial charge < -0.3 is 5.43 Å². The Kier molecular flexibility index (Phi) is 5.42. The minimum absolute atomic E-state index is 0.0581. The zero-order valence-electron chi connectivity index (χ0n) is 16.2. The van der Waals surface area contributed by atoms with Crippen LogP contribution in [0.25, 0.3) is 5.57 Å². The van der Waals surface area contributed by atoms with Gasteiger partial charge in [-0.25, -0.2) is 23.4 Å². The molecule has 154 valence electrons. The lowest BCUT2D eigenvalue weighted by molar-refractivity contribution is 0.397. The fourth-order valence-corrected chi connectivity index (χ4v) is 4.37. The molecule has 30 heavy (non-hydrogen) atoms. The highest BCUT2D eigenvalue weighted by Crippen LogP contribution is 2.42. The maximum absolute atomic E-state index is 13.5. The molecule has 0 aliphatic carbocycles. The number of aryl methyl sites for hydroxylation is 1. The lowest BCUT2D eigenvalue weighted by Crippen LogP contribution is -2.44. The summed E-state index contributed by atoms with van der Waals surface area (Å²) < 4.78 is 36.8. The van der Waals surface area contributed by atoms with Crippen molar-refractivity contribution in [2.24, 2.45) is 5.14 Å². The van der Waals surface area contributed by atoms with Crippen LogP contribution in [0.4, 0.5) is 4.39 Å². The average Bonchev–Trinajstić information content (AvgIpc) is 3.18. The molecular formula is C23H22FN3O2S. The molecule has 7 heteroatoms. The van der Waals surface area contributed by atoms with Crippen molar-refractivity contribution in [2.45, 2.75) is 23.3 Å². The molecule has 0 radical (unpaired) electrons. The highest BCUT2D eigenvalue weighted by molar-refractivity contribution is 7.89. The SMILES string of the molecule is NS(=O)(=O)c1ccc(C2(CCc3ccccc3)NNC=C2c2ccc(F)cc2)cc1. The largest absolute Gasteiger partial charge is 0.327 e. The zero-order valence-corrected chi connectivity index (χ0v) is 17.0. The summed E-state index contributed by atoms with van der Waals surface area (Å²) in [6, 6.07) is 23.0. The highest BCUT2D eigenvalue weighted by atomic mass is 32.2. The molecule has 3 aromatic carbocycles. The summed E-state index contributed by atoms with van der Waals surface area (Å²) in [6.45, 7) is 0. The van der Waals surface area contributed by atoms with Crippen molar-refractivity contribution in [3.63, 3.8) is 0 Å². The van der Waals surface area contributed by atoms with E-state index >= 15 is 0 Å². The van der Waals surface area contributed by atoms with Crippen molar-refractivity contribution in [1.29, 1.82) is 0 Å². The van der Waals surface area contributed by atoms with Gasteiger partial charge in [0.25, 0.3) is 0 Å². The van der Waals surface area contributed by atoms with Gasteiger partial charge in [0.1, 0.15) is 5.82 Å². The molecule has 1 heterocycles. The van der Waals surface area contributed by atoms with Gasteiger partial charge >= 0.3 is 0 Å². The summed E-state index contributed by atoms with van der Waals surface area (Å²) in [7, 11) is -3.78. The fraction of sp³-hybridized carbons (Fsp3) is 0.130. The van der Waals surface area contributed by atoms with Gasteiger partial charge in [-0.3, -0.25) is 0 Å². The smallest absolute Gasteiger partial charge is 0.238 e. The van der Waals surface area contributed by atoms with Gasteiger partial charge in [0, 0.05) is 11.8 Å². The molecule has 0 saturated carbocycles. The molecule has 1 aliphatic heterocycles. The first-order chi connectivity index (χ1) is 14.4. The van der Waals surface area contributed by atoms with E-state index in [1.54, 1.807) is 24.3 Å². The number of benzene rings is 3. The average molecular weight is 424 g/mol. The number of primary sulfonamides is 1. The van der Waals surface area contributed by atoms with Crippen LogP contribution in [-0.2, 0) is 22.0 Å². The topological polar surface area (TPSA) is 84.2 Å². The van der Waals surface area contributed by atoms with E-state index in [1.165, 1.54) is 29.8 Å². The van der Waals surface area contributed by atoms with E-state index in [9.17, 15) is 12.8 Å². The molecule has 0 aromatic heterocycles. The van der Waals surface area contributed by atoms with Crippen LogP contribution in [-0.4, -0.2) is 8.42 Å². The molecule has 1 aliphatic rings. The Hall–Kier alpha value is -3.00. The van der Waals surface area contributed by atoms with E-state index in [2.05, 4.69) is 23.0 Å². The molecular weight excluding hydrogens is 401 g/mol. The molecule has 3 aromatic rings. The fourth-order valence-electron chi connectivity index (χ4n) is 3.86. The Morgan fingerprint density at radius 2 is 1.57 bits per heavy atom. The van der Waals surface area contributed by atoms with E-state index < -0.39 is 15.6 Å². The number of nitrogens with two attached hydrogens (primary N) is 1. The number of nitrogens with one attached hydrogen (secondary N) is 2. The molecule has 5 nitrogen and oxygen atoms in total. The Bertz CT molecular complexity index is 1160. The van der Waals surface area contributed by atoms with Gasteiger partial charge in [-0.15, -0.1) is 0 Å². The number of hydrogen-bond donors (Lipinski definition) is 3. The normalized spacial score (nSPS) is 18.7. The van der Waals surface area contributed by atoms with Crippen molar-refractivity contribution < 1.29 is 12.8 Å². The summed E-state index contributed by atoms with van der Waals surface area (Å²) >= 11 is 0. The second-order valence-corrected chi connectivity index (χ2v) is 8.86. The van der Waals surface area contributed by atoms with Crippen LogP contribution < -0.4 is 16.0 Å². The van der Waals surface area contributed by atoms with Crippen LogP contribution in [0.3, 0.4) is 0 Å². The molecule has 4 N–H and O–H groups in total. The second-order valence-electron chi connectivity index (χ2n) is 7.29. The lowest BCUT2D eigenvalue weighted by atomic mass is 9.77.